The van der Waals surface area contributed by atoms with Gasteiger partial charge >= 0.3 is 5.97 Å². The molecule has 19 heavy (non-hydrogen) atoms. The van der Waals surface area contributed by atoms with Crippen molar-refractivity contribution in [3.05, 3.63) is 16.1 Å². The van der Waals surface area contributed by atoms with Gasteiger partial charge in [0.15, 0.2) is 0 Å². The Bertz CT molecular complexity index is 498. The molecule has 6 heteroatoms. The van der Waals surface area contributed by atoms with Gasteiger partial charge in [0.1, 0.15) is 4.88 Å². The van der Waals surface area contributed by atoms with E-state index in [1.807, 2.05) is 20.8 Å². The van der Waals surface area contributed by atoms with E-state index in [0.717, 1.165) is 5.69 Å². The third-order valence-corrected chi connectivity index (χ3v) is 4.13. The van der Waals surface area contributed by atoms with Gasteiger partial charge in [0.2, 0.25) is 0 Å². The average molecular weight is 282 g/mol. The Morgan fingerprint density at radius 1 is 1.42 bits per heavy atom. The maximum absolute atomic E-state index is 12.2. The summed E-state index contributed by atoms with van der Waals surface area (Å²) in [6.45, 7) is 6.05. The van der Waals surface area contributed by atoms with Gasteiger partial charge in [0, 0.05) is 11.5 Å². The lowest BCUT2D eigenvalue weighted by Gasteiger charge is -2.32. The number of carbonyl (C=O) groups excluding carboxylic acids is 1. The lowest BCUT2D eigenvalue weighted by atomic mass is 9.80. The number of amides is 1. The topological polar surface area (TPSA) is 79.3 Å². The van der Waals surface area contributed by atoms with Gasteiger partial charge in [-0.1, -0.05) is 20.8 Å². The minimum Gasteiger partial charge on any atom is -0.481 e. The molecule has 1 aliphatic rings. The Labute approximate surface area is 116 Å². The van der Waals surface area contributed by atoms with Crippen LogP contribution in [0, 0.1) is 5.92 Å². The Kier molecular flexibility index (Phi) is 3.62. The highest BCUT2D eigenvalue weighted by molar-refractivity contribution is 7.11. The van der Waals surface area contributed by atoms with Crippen molar-refractivity contribution >= 4 is 23.2 Å². The van der Waals surface area contributed by atoms with E-state index in [0.29, 0.717) is 17.7 Å². The van der Waals surface area contributed by atoms with Gasteiger partial charge in [-0.3, -0.25) is 9.59 Å². The van der Waals surface area contributed by atoms with Crippen LogP contribution < -0.4 is 5.32 Å². The highest BCUT2D eigenvalue weighted by Gasteiger charge is 2.36. The molecular formula is C13H18N2O3S. The molecule has 1 aliphatic carbocycles. The summed E-state index contributed by atoms with van der Waals surface area (Å²) >= 11 is 1.33. The summed E-state index contributed by atoms with van der Waals surface area (Å²) in [7, 11) is 0. The molecule has 0 saturated heterocycles. The first kappa shape index (κ1) is 14.0. The number of thiazole rings is 1. The third kappa shape index (κ3) is 2.94. The Morgan fingerprint density at radius 2 is 2.05 bits per heavy atom. The molecule has 0 radical (unpaired) electrons. The molecule has 1 aromatic rings. The lowest BCUT2D eigenvalue weighted by molar-refractivity contribution is -0.145. The summed E-state index contributed by atoms with van der Waals surface area (Å²) in [5.41, 5.74) is 2.30. The van der Waals surface area contributed by atoms with E-state index in [2.05, 4.69) is 10.3 Å². The molecule has 0 aromatic carbocycles. The third-order valence-electron chi connectivity index (χ3n) is 3.31. The highest BCUT2D eigenvalue weighted by atomic mass is 32.1. The zero-order valence-corrected chi connectivity index (χ0v) is 12.1. The number of rotatable bonds is 3. The van der Waals surface area contributed by atoms with Gasteiger partial charge in [-0.2, -0.15) is 0 Å². The molecule has 0 unspecified atom stereocenters. The average Bonchev–Trinajstić information content (AvgIpc) is 2.69. The van der Waals surface area contributed by atoms with Gasteiger partial charge in [-0.25, -0.2) is 4.98 Å². The van der Waals surface area contributed by atoms with Crippen LogP contribution >= 0.6 is 11.3 Å². The predicted octanol–water partition coefficient (Wildman–Crippen LogP) is 2.03. The molecule has 0 bridgehead atoms. The molecule has 0 spiro atoms. The fourth-order valence-corrected chi connectivity index (χ4v) is 3.03. The fourth-order valence-electron chi connectivity index (χ4n) is 2.13. The van der Waals surface area contributed by atoms with E-state index >= 15 is 0 Å². The summed E-state index contributed by atoms with van der Waals surface area (Å²) in [6, 6.07) is -0.0245. The maximum atomic E-state index is 12.2. The quantitative estimate of drug-likeness (QED) is 0.889. The monoisotopic (exact) mass is 282 g/mol. The zero-order valence-electron chi connectivity index (χ0n) is 11.3. The molecule has 104 valence electrons. The van der Waals surface area contributed by atoms with Crippen molar-refractivity contribution in [3.63, 3.8) is 0 Å². The van der Waals surface area contributed by atoms with Crippen LogP contribution in [-0.4, -0.2) is 28.0 Å². The molecule has 2 rings (SSSR count). The number of carboxylic acids is 1. The van der Waals surface area contributed by atoms with Crippen molar-refractivity contribution in [2.75, 3.05) is 0 Å². The Hall–Kier alpha value is -1.43. The lowest BCUT2D eigenvalue weighted by Crippen LogP contribution is -2.46. The zero-order chi connectivity index (χ0) is 14.2. The second kappa shape index (κ2) is 4.92. The Morgan fingerprint density at radius 3 is 2.58 bits per heavy atom. The summed E-state index contributed by atoms with van der Waals surface area (Å²) in [4.78, 5) is 27.8. The molecule has 1 heterocycles. The van der Waals surface area contributed by atoms with Gasteiger partial charge in [0.25, 0.3) is 5.91 Å². The number of carbonyl (C=O) groups is 2. The van der Waals surface area contributed by atoms with Gasteiger partial charge in [0.05, 0.1) is 17.1 Å². The number of aromatic nitrogens is 1. The molecular weight excluding hydrogens is 264 g/mol. The summed E-state index contributed by atoms with van der Waals surface area (Å²) < 4.78 is 0. The van der Waals surface area contributed by atoms with Crippen LogP contribution in [0.15, 0.2) is 5.51 Å². The smallest absolute Gasteiger partial charge is 0.306 e. The molecule has 0 atom stereocenters. The van der Waals surface area contributed by atoms with E-state index < -0.39 is 5.97 Å². The summed E-state index contributed by atoms with van der Waals surface area (Å²) in [5, 5.41) is 11.7. The summed E-state index contributed by atoms with van der Waals surface area (Å²) in [5.74, 6) is -1.23. The van der Waals surface area contributed by atoms with Gasteiger partial charge in [-0.15, -0.1) is 11.3 Å². The van der Waals surface area contributed by atoms with Crippen molar-refractivity contribution in [1.29, 1.82) is 0 Å². The van der Waals surface area contributed by atoms with Crippen molar-refractivity contribution in [2.45, 2.75) is 45.1 Å². The van der Waals surface area contributed by atoms with Gasteiger partial charge < -0.3 is 10.4 Å². The van der Waals surface area contributed by atoms with Crippen LogP contribution in [0.5, 0.6) is 0 Å². The molecule has 0 aliphatic heterocycles. The van der Waals surface area contributed by atoms with E-state index in [4.69, 9.17) is 5.11 Å². The minimum atomic E-state index is -0.779. The number of hydrogen-bond acceptors (Lipinski definition) is 4. The van der Waals surface area contributed by atoms with Gasteiger partial charge in [-0.05, 0) is 12.8 Å². The second-order valence-corrected chi connectivity index (χ2v) is 6.81. The normalized spacial score (nSPS) is 22.7. The van der Waals surface area contributed by atoms with Crippen molar-refractivity contribution < 1.29 is 14.7 Å². The number of nitrogens with one attached hydrogen (secondary N) is 1. The first-order chi connectivity index (χ1) is 8.79. The SMILES string of the molecule is CC(C)(C)c1ncsc1C(=O)NC1CC(C(=O)O)C1. The molecule has 2 N–H and O–H groups in total. The summed E-state index contributed by atoms with van der Waals surface area (Å²) in [6.07, 6.45) is 1.04. The van der Waals surface area contributed by atoms with Crippen LogP contribution in [0.2, 0.25) is 0 Å². The van der Waals surface area contributed by atoms with E-state index in [-0.39, 0.29) is 23.3 Å². The number of carboxylic acid groups (broad SMARTS) is 1. The van der Waals surface area contributed by atoms with Crippen LogP contribution in [0.25, 0.3) is 0 Å². The van der Waals surface area contributed by atoms with Crippen molar-refractivity contribution in [1.82, 2.24) is 10.3 Å². The fraction of sp³-hybridized carbons (Fsp3) is 0.615. The minimum absolute atomic E-state index is 0.0245. The van der Waals surface area contributed by atoms with Crippen LogP contribution in [0.1, 0.15) is 49.0 Å². The molecule has 1 saturated carbocycles. The van der Waals surface area contributed by atoms with Crippen LogP contribution in [0.4, 0.5) is 0 Å². The van der Waals surface area contributed by atoms with Crippen molar-refractivity contribution in [2.24, 2.45) is 5.92 Å². The second-order valence-electron chi connectivity index (χ2n) is 5.96. The molecule has 1 aromatic heterocycles. The van der Waals surface area contributed by atoms with Crippen molar-refractivity contribution in [3.8, 4) is 0 Å². The van der Waals surface area contributed by atoms with E-state index in [1.165, 1.54) is 11.3 Å². The standard InChI is InChI=1S/C13H18N2O3S/c1-13(2,3)10-9(19-6-14-10)11(16)15-8-4-7(5-8)12(17)18/h6-8H,4-5H2,1-3H3,(H,15,16)(H,17,18). The van der Waals surface area contributed by atoms with E-state index in [9.17, 15) is 9.59 Å². The molecule has 1 amide bonds. The Balaban J connectivity index is 1.99. The van der Waals surface area contributed by atoms with Crippen LogP contribution in [0.3, 0.4) is 0 Å². The number of hydrogen-bond donors (Lipinski definition) is 2. The predicted molar refractivity (Wildman–Crippen MR) is 72.4 cm³/mol. The molecule has 1 fully saturated rings. The first-order valence-corrected chi connectivity index (χ1v) is 7.14. The number of nitrogens with zero attached hydrogens (tertiary/aromatic N) is 1. The van der Waals surface area contributed by atoms with Crippen LogP contribution in [-0.2, 0) is 10.2 Å². The first-order valence-electron chi connectivity index (χ1n) is 6.26. The number of aliphatic carboxylic acids is 1. The highest BCUT2D eigenvalue weighted by Crippen LogP contribution is 2.30. The van der Waals surface area contributed by atoms with E-state index in [1.54, 1.807) is 5.51 Å². The molecule has 5 nitrogen and oxygen atoms in total. The maximum Gasteiger partial charge on any atom is 0.306 e. The largest absolute Gasteiger partial charge is 0.481 e.